The smallest absolute Gasteiger partial charge is 0.340 e. The van der Waals surface area contributed by atoms with Crippen LogP contribution in [-0.2, 0) is 6.18 Å². The number of benzene rings is 2. The Kier molecular flexibility index (Phi) is 6.08. The number of alkyl halides is 3. The van der Waals surface area contributed by atoms with Crippen LogP contribution in [0.2, 0.25) is 0 Å². The molecule has 0 aliphatic carbocycles. The summed E-state index contributed by atoms with van der Waals surface area (Å²) in [7, 11) is 2.15. The van der Waals surface area contributed by atoms with Crippen LogP contribution >= 0.6 is 11.8 Å². The van der Waals surface area contributed by atoms with Crippen molar-refractivity contribution in [2.75, 3.05) is 38.1 Å². The van der Waals surface area contributed by atoms with Crippen LogP contribution in [0.4, 0.5) is 24.5 Å². The van der Waals surface area contributed by atoms with Gasteiger partial charge in [0.25, 0.3) is 0 Å². The van der Waals surface area contributed by atoms with E-state index in [2.05, 4.69) is 17.3 Å². The van der Waals surface area contributed by atoms with Gasteiger partial charge in [0.2, 0.25) is 0 Å². The number of anilines is 2. The molecule has 3 nitrogen and oxygen atoms in total. The van der Waals surface area contributed by atoms with Gasteiger partial charge in [-0.3, -0.25) is 0 Å². The summed E-state index contributed by atoms with van der Waals surface area (Å²) in [5, 5.41) is 3.63. The molecule has 0 spiro atoms. The van der Waals surface area contributed by atoms with Crippen molar-refractivity contribution < 1.29 is 13.2 Å². The van der Waals surface area contributed by atoms with Crippen LogP contribution in [0.15, 0.2) is 52.3 Å². The summed E-state index contributed by atoms with van der Waals surface area (Å²) >= 11 is 1.54. The first-order chi connectivity index (χ1) is 13.9. The fraction of sp³-hybridized carbons (Fsp3) is 0.455. The molecule has 0 radical (unpaired) electrons. The Morgan fingerprint density at radius 1 is 1.03 bits per heavy atom. The van der Waals surface area contributed by atoms with E-state index in [0.29, 0.717) is 18.3 Å². The lowest BCUT2D eigenvalue weighted by molar-refractivity contribution is -0.137. The first kappa shape index (κ1) is 20.6. The maximum absolute atomic E-state index is 13.3. The first-order valence-corrected chi connectivity index (χ1v) is 10.9. The molecular weight excluding hydrogens is 395 g/mol. The number of rotatable bonds is 5. The molecule has 2 aliphatic rings. The van der Waals surface area contributed by atoms with Crippen LogP contribution in [0.25, 0.3) is 0 Å². The maximum atomic E-state index is 13.3. The zero-order valence-electron chi connectivity index (χ0n) is 16.5. The van der Waals surface area contributed by atoms with E-state index in [9.17, 15) is 13.2 Å². The zero-order valence-corrected chi connectivity index (χ0v) is 17.3. The van der Waals surface area contributed by atoms with E-state index < -0.39 is 11.7 Å². The molecule has 29 heavy (non-hydrogen) atoms. The lowest BCUT2D eigenvalue weighted by atomic mass is 10.1. The van der Waals surface area contributed by atoms with Gasteiger partial charge in [-0.05, 0) is 76.3 Å². The number of para-hydroxylation sites is 1. The normalized spacial score (nSPS) is 17.9. The van der Waals surface area contributed by atoms with Crippen LogP contribution in [-0.4, -0.2) is 44.2 Å². The molecule has 2 heterocycles. The van der Waals surface area contributed by atoms with E-state index in [1.807, 2.05) is 29.2 Å². The van der Waals surface area contributed by atoms with Gasteiger partial charge < -0.3 is 15.1 Å². The Balaban J connectivity index is 1.48. The van der Waals surface area contributed by atoms with Crippen LogP contribution in [0.3, 0.4) is 0 Å². The van der Waals surface area contributed by atoms with Crippen molar-refractivity contribution in [1.29, 1.82) is 0 Å². The molecule has 0 saturated carbocycles. The molecule has 0 aromatic heterocycles. The molecule has 4 rings (SSSR count). The Bertz CT molecular complexity index is 847. The number of hydrogen-bond acceptors (Lipinski definition) is 4. The molecule has 1 saturated heterocycles. The highest BCUT2D eigenvalue weighted by molar-refractivity contribution is 7.99. The molecule has 2 aromatic rings. The fourth-order valence-corrected chi connectivity index (χ4v) is 5.08. The first-order valence-electron chi connectivity index (χ1n) is 10.1. The van der Waals surface area contributed by atoms with E-state index in [4.69, 9.17) is 0 Å². The molecule has 156 valence electrons. The SMILES string of the molecule is CN1CCC(NCCCN2c3ccccc3Sc3ccc(C(F)(F)F)cc32)CC1. The van der Waals surface area contributed by atoms with E-state index in [1.54, 1.807) is 6.07 Å². The Hall–Kier alpha value is -1.70. The lowest BCUT2D eigenvalue weighted by Crippen LogP contribution is -2.41. The predicted octanol–water partition coefficient (Wildman–Crippen LogP) is 5.38. The highest BCUT2D eigenvalue weighted by Crippen LogP contribution is 2.49. The third-order valence-corrected chi connectivity index (χ3v) is 6.79. The second-order valence-corrected chi connectivity index (χ2v) is 8.87. The summed E-state index contributed by atoms with van der Waals surface area (Å²) < 4.78 is 39.8. The van der Waals surface area contributed by atoms with Gasteiger partial charge in [-0.15, -0.1) is 0 Å². The van der Waals surface area contributed by atoms with Crippen LogP contribution < -0.4 is 10.2 Å². The summed E-state index contributed by atoms with van der Waals surface area (Å²) in [6.07, 6.45) is -1.16. The monoisotopic (exact) mass is 421 g/mol. The highest BCUT2D eigenvalue weighted by Gasteiger charge is 2.33. The van der Waals surface area contributed by atoms with Gasteiger partial charge in [0, 0.05) is 22.4 Å². The number of hydrogen-bond donors (Lipinski definition) is 1. The van der Waals surface area contributed by atoms with Crippen molar-refractivity contribution in [1.82, 2.24) is 10.2 Å². The van der Waals surface area contributed by atoms with Crippen LogP contribution in [0.5, 0.6) is 0 Å². The minimum absolute atomic E-state index is 0.541. The van der Waals surface area contributed by atoms with Crippen molar-refractivity contribution >= 4 is 23.1 Å². The molecule has 0 bridgehead atoms. The van der Waals surface area contributed by atoms with E-state index in [0.717, 1.165) is 54.4 Å². The quantitative estimate of drug-likeness (QED) is 0.653. The minimum atomic E-state index is -4.34. The second-order valence-electron chi connectivity index (χ2n) is 7.79. The molecule has 2 aromatic carbocycles. The summed E-state index contributed by atoms with van der Waals surface area (Å²) in [5.74, 6) is 0. The van der Waals surface area contributed by atoms with Gasteiger partial charge in [0.1, 0.15) is 0 Å². The van der Waals surface area contributed by atoms with E-state index >= 15 is 0 Å². The van der Waals surface area contributed by atoms with Gasteiger partial charge >= 0.3 is 6.18 Å². The number of halogens is 3. The number of nitrogens with one attached hydrogen (secondary N) is 1. The van der Waals surface area contributed by atoms with E-state index in [1.165, 1.54) is 23.9 Å². The fourth-order valence-electron chi connectivity index (χ4n) is 4.00. The van der Waals surface area contributed by atoms with Gasteiger partial charge in [-0.2, -0.15) is 13.2 Å². The average Bonchev–Trinajstić information content (AvgIpc) is 2.70. The summed E-state index contributed by atoms with van der Waals surface area (Å²) in [4.78, 5) is 6.35. The minimum Gasteiger partial charge on any atom is -0.340 e. The Morgan fingerprint density at radius 2 is 1.76 bits per heavy atom. The summed E-state index contributed by atoms with van der Waals surface area (Å²) in [6, 6.07) is 12.6. The maximum Gasteiger partial charge on any atom is 0.416 e. The molecule has 0 unspecified atom stereocenters. The number of nitrogens with zero attached hydrogens (tertiary/aromatic N) is 2. The number of fused-ring (bicyclic) bond motifs is 2. The Labute approximate surface area is 174 Å². The third-order valence-electron chi connectivity index (χ3n) is 5.66. The van der Waals surface area contributed by atoms with Gasteiger partial charge in [0.15, 0.2) is 0 Å². The number of likely N-dealkylation sites (tertiary alicyclic amines) is 1. The van der Waals surface area contributed by atoms with Crippen molar-refractivity contribution in [2.24, 2.45) is 0 Å². The van der Waals surface area contributed by atoms with Crippen LogP contribution in [0, 0.1) is 0 Å². The largest absolute Gasteiger partial charge is 0.416 e. The molecular formula is C22H26F3N3S. The standard InChI is InChI=1S/C22H26F3N3S/c1-27-13-9-17(10-14-27)26-11-4-12-28-18-5-2-3-6-20(18)29-21-8-7-16(15-19(21)28)22(23,24)25/h2-3,5-8,15,17,26H,4,9-14H2,1H3. The average molecular weight is 422 g/mol. The van der Waals surface area contributed by atoms with Crippen molar-refractivity contribution in [3.05, 3.63) is 48.0 Å². The van der Waals surface area contributed by atoms with Gasteiger partial charge in [-0.25, -0.2) is 0 Å². The molecule has 0 amide bonds. The Morgan fingerprint density at radius 3 is 2.52 bits per heavy atom. The molecule has 1 N–H and O–H groups in total. The summed E-state index contributed by atoms with van der Waals surface area (Å²) in [6.45, 7) is 3.78. The van der Waals surface area contributed by atoms with Gasteiger partial charge in [0.05, 0.1) is 16.9 Å². The van der Waals surface area contributed by atoms with Crippen molar-refractivity contribution in [2.45, 2.75) is 41.3 Å². The summed E-state index contributed by atoms with van der Waals surface area (Å²) in [5.41, 5.74) is 1.05. The topological polar surface area (TPSA) is 18.5 Å². The van der Waals surface area contributed by atoms with Crippen molar-refractivity contribution in [3.63, 3.8) is 0 Å². The van der Waals surface area contributed by atoms with Crippen molar-refractivity contribution in [3.8, 4) is 0 Å². The number of piperidine rings is 1. The van der Waals surface area contributed by atoms with Crippen LogP contribution in [0.1, 0.15) is 24.8 Å². The zero-order chi connectivity index (χ0) is 20.4. The molecule has 0 atom stereocenters. The molecule has 7 heteroatoms. The van der Waals surface area contributed by atoms with E-state index in [-0.39, 0.29) is 0 Å². The highest BCUT2D eigenvalue weighted by atomic mass is 32.2. The predicted molar refractivity (Wildman–Crippen MR) is 112 cm³/mol. The third kappa shape index (κ3) is 4.73. The molecule has 1 fully saturated rings. The lowest BCUT2D eigenvalue weighted by Gasteiger charge is -2.34. The van der Waals surface area contributed by atoms with Gasteiger partial charge in [-0.1, -0.05) is 23.9 Å². The molecule has 2 aliphatic heterocycles. The second kappa shape index (κ2) is 8.58.